The molecule has 1 rings (SSSR count). The molecule has 0 radical (unpaired) electrons. The topological polar surface area (TPSA) is 55.8 Å². The van der Waals surface area contributed by atoms with Gasteiger partial charge in [0, 0.05) is 0 Å². The van der Waals surface area contributed by atoms with Gasteiger partial charge in [-0.25, -0.2) is 4.79 Å². The van der Waals surface area contributed by atoms with Crippen LogP contribution in [0, 0.1) is 0 Å². The third kappa shape index (κ3) is 5.61. The van der Waals surface area contributed by atoms with E-state index < -0.39 is 6.10 Å². The Kier molecular flexibility index (Phi) is 7.09. The Hall–Kier alpha value is -1.55. The lowest BCUT2D eigenvalue weighted by Gasteiger charge is -2.16. The smallest absolute Gasteiger partial charge is 0.347 e. The Balaban J connectivity index is 2.57. The Morgan fingerprint density at radius 1 is 1.25 bits per heavy atom. The maximum Gasteiger partial charge on any atom is 0.347 e. The molecule has 4 heteroatoms. The predicted molar refractivity (Wildman–Crippen MR) is 77.8 cm³/mol. The van der Waals surface area contributed by atoms with Gasteiger partial charge < -0.3 is 14.6 Å². The van der Waals surface area contributed by atoms with Crippen LogP contribution in [-0.2, 0) is 16.0 Å². The van der Waals surface area contributed by atoms with Gasteiger partial charge in [0.05, 0.1) is 12.7 Å². The molecule has 0 saturated carbocycles. The van der Waals surface area contributed by atoms with Gasteiger partial charge in [-0.3, -0.25) is 0 Å². The average molecular weight is 280 g/mol. The van der Waals surface area contributed by atoms with E-state index >= 15 is 0 Å². The van der Waals surface area contributed by atoms with Crippen LogP contribution in [-0.4, -0.2) is 29.9 Å². The number of carbonyl (C=O) groups excluding carboxylic acids is 1. The molecule has 2 atom stereocenters. The summed E-state index contributed by atoms with van der Waals surface area (Å²) in [7, 11) is 0. The van der Waals surface area contributed by atoms with Crippen molar-refractivity contribution in [2.45, 2.75) is 52.2 Å². The molecule has 0 fully saturated rings. The quantitative estimate of drug-likeness (QED) is 0.744. The molecule has 0 aliphatic rings. The minimum atomic E-state index is -0.557. The number of rotatable bonds is 8. The van der Waals surface area contributed by atoms with Crippen molar-refractivity contribution in [2.24, 2.45) is 0 Å². The summed E-state index contributed by atoms with van der Waals surface area (Å²) in [5.41, 5.74) is 1.14. The van der Waals surface area contributed by atoms with E-state index in [1.807, 2.05) is 31.2 Å². The summed E-state index contributed by atoms with van der Waals surface area (Å²) in [4.78, 5) is 11.6. The fraction of sp³-hybridized carbons (Fsp3) is 0.562. The summed E-state index contributed by atoms with van der Waals surface area (Å²) in [6, 6.07) is 7.60. The molecule has 0 spiro atoms. The number of hydrogen-bond acceptors (Lipinski definition) is 4. The minimum absolute atomic E-state index is 0.292. The molecule has 4 nitrogen and oxygen atoms in total. The van der Waals surface area contributed by atoms with Crippen LogP contribution in [0.3, 0.4) is 0 Å². The van der Waals surface area contributed by atoms with Gasteiger partial charge in [-0.2, -0.15) is 0 Å². The highest BCUT2D eigenvalue weighted by Gasteiger charge is 2.19. The Labute approximate surface area is 120 Å². The van der Waals surface area contributed by atoms with Gasteiger partial charge in [-0.1, -0.05) is 19.1 Å². The third-order valence-electron chi connectivity index (χ3n) is 2.97. The normalized spacial score (nSPS) is 13.6. The van der Waals surface area contributed by atoms with Crippen LogP contribution in [0.1, 0.15) is 39.2 Å². The van der Waals surface area contributed by atoms with E-state index in [1.165, 1.54) is 0 Å². The van der Waals surface area contributed by atoms with Crippen LogP contribution in [0.15, 0.2) is 24.3 Å². The number of ether oxygens (including phenoxy) is 2. The molecular weight excluding hydrogens is 256 g/mol. The molecular formula is C16H24O4. The number of aliphatic hydroxyl groups is 1. The molecule has 20 heavy (non-hydrogen) atoms. The second-order valence-corrected chi connectivity index (χ2v) is 4.80. The number of hydrogen-bond donors (Lipinski definition) is 1. The first-order chi connectivity index (χ1) is 9.56. The SMILES string of the molecule is CCOC(=O)C(CC)Oc1ccc(CCC(C)O)cc1. The number of benzene rings is 1. The van der Waals surface area contributed by atoms with E-state index in [0.717, 1.165) is 18.4 Å². The van der Waals surface area contributed by atoms with Gasteiger partial charge in [-0.15, -0.1) is 0 Å². The molecule has 0 amide bonds. The van der Waals surface area contributed by atoms with Gasteiger partial charge >= 0.3 is 5.97 Å². The summed E-state index contributed by atoms with van der Waals surface area (Å²) in [5.74, 6) is 0.332. The Morgan fingerprint density at radius 2 is 1.90 bits per heavy atom. The van der Waals surface area contributed by atoms with E-state index in [9.17, 15) is 9.90 Å². The van der Waals surface area contributed by atoms with Crippen LogP contribution >= 0.6 is 0 Å². The first-order valence-electron chi connectivity index (χ1n) is 7.17. The van der Waals surface area contributed by atoms with E-state index in [1.54, 1.807) is 13.8 Å². The number of aliphatic hydroxyl groups excluding tert-OH is 1. The van der Waals surface area contributed by atoms with Crippen LogP contribution in [0.5, 0.6) is 5.75 Å². The third-order valence-corrected chi connectivity index (χ3v) is 2.97. The summed E-state index contributed by atoms with van der Waals surface area (Å²) in [6.07, 6.45) is 1.29. The molecule has 112 valence electrons. The van der Waals surface area contributed by atoms with Crippen molar-refractivity contribution in [1.29, 1.82) is 0 Å². The Bertz CT molecular complexity index is 397. The summed E-state index contributed by atoms with van der Waals surface area (Å²) >= 11 is 0. The molecule has 0 aromatic heterocycles. The number of carbonyl (C=O) groups is 1. The molecule has 0 heterocycles. The van der Waals surface area contributed by atoms with Gasteiger partial charge in [0.1, 0.15) is 5.75 Å². The van der Waals surface area contributed by atoms with Crippen molar-refractivity contribution in [3.05, 3.63) is 29.8 Å². The first-order valence-corrected chi connectivity index (χ1v) is 7.17. The van der Waals surface area contributed by atoms with E-state index in [0.29, 0.717) is 18.8 Å². The fourth-order valence-electron chi connectivity index (χ4n) is 1.81. The lowest BCUT2D eigenvalue weighted by molar-refractivity contribution is -0.151. The van der Waals surface area contributed by atoms with Crippen molar-refractivity contribution in [3.63, 3.8) is 0 Å². The van der Waals surface area contributed by atoms with Gasteiger partial charge in [-0.05, 0) is 50.8 Å². The van der Waals surface area contributed by atoms with Crippen molar-refractivity contribution in [2.75, 3.05) is 6.61 Å². The summed E-state index contributed by atoms with van der Waals surface area (Å²) in [6.45, 7) is 5.81. The van der Waals surface area contributed by atoms with E-state index in [2.05, 4.69) is 0 Å². The van der Waals surface area contributed by atoms with Gasteiger partial charge in [0.2, 0.25) is 0 Å². The second kappa shape index (κ2) is 8.59. The lowest BCUT2D eigenvalue weighted by Crippen LogP contribution is -2.28. The van der Waals surface area contributed by atoms with Crippen molar-refractivity contribution in [1.82, 2.24) is 0 Å². The second-order valence-electron chi connectivity index (χ2n) is 4.80. The molecule has 1 N–H and O–H groups in total. The van der Waals surface area contributed by atoms with Crippen molar-refractivity contribution in [3.8, 4) is 5.75 Å². The van der Waals surface area contributed by atoms with Crippen LogP contribution in [0.4, 0.5) is 0 Å². The fourth-order valence-corrected chi connectivity index (χ4v) is 1.81. The van der Waals surface area contributed by atoms with E-state index in [-0.39, 0.29) is 12.1 Å². The van der Waals surface area contributed by atoms with Gasteiger partial charge in [0.25, 0.3) is 0 Å². The minimum Gasteiger partial charge on any atom is -0.479 e. The zero-order valence-electron chi connectivity index (χ0n) is 12.5. The predicted octanol–water partition coefficient (Wildman–Crippen LogP) is 2.72. The highest BCUT2D eigenvalue weighted by atomic mass is 16.6. The molecule has 1 aromatic carbocycles. The first kappa shape index (κ1) is 16.5. The molecule has 0 aliphatic heterocycles. The average Bonchev–Trinajstić information content (AvgIpc) is 2.44. The number of aryl methyl sites for hydroxylation is 1. The zero-order valence-corrected chi connectivity index (χ0v) is 12.5. The van der Waals surface area contributed by atoms with Gasteiger partial charge in [0.15, 0.2) is 6.10 Å². The van der Waals surface area contributed by atoms with Crippen LogP contribution in [0.25, 0.3) is 0 Å². The van der Waals surface area contributed by atoms with Crippen molar-refractivity contribution < 1.29 is 19.4 Å². The number of esters is 1. The largest absolute Gasteiger partial charge is 0.479 e. The summed E-state index contributed by atoms with van der Waals surface area (Å²) < 4.78 is 10.6. The monoisotopic (exact) mass is 280 g/mol. The molecule has 0 saturated heterocycles. The Morgan fingerprint density at radius 3 is 2.40 bits per heavy atom. The molecule has 0 aliphatic carbocycles. The summed E-state index contributed by atoms with van der Waals surface area (Å²) in [5, 5.41) is 9.25. The maximum absolute atomic E-state index is 11.6. The highest BCUT2D eigenvalue weighted by Crippen LogP contribution is 2.17. The standard InChI is InChI=1S/C16H24O4/c1-4-15(16(18)19-5-2)20-14-10-8-13(9-11-14)7-6-12(3)17/h8-12,15,17H,4-7H2,1-3H3. The maximum atomic E-state index is 11.6. The van der Waals surface area contributed by atoms with Crippen molar-refractivity contribution >= 4 is 5.97 Å². The van der Waals surface area contributed by atoms with E-state index in [4.69, 9.17) is 9.47 Å². The molecule has 2 unspecified atom stereocenters. The highest BCUT2D eigenvalue weighted by molar-refractivity contribution is 5.75. The van der Waals surface area contributed by atoms with Crippen LogP contribution in [0.2, 0.25) is 0 Å². The molecule has 0 bridgehead atoms. The lowest BCUT2D eigenvalue weighted by atomic mass is 10.1. The molecule has 1 aromatic rings. The zero-order chi connectivity index (χ0) is 15.0. The van der Waals surface area contributed by atoms with Crippen LogP contribution < -0.4 is 4.74 Å².